The van der Waals surface area contributed by atoms with Crippen LogP contribution in [0.3, 0.4) is 0 Å². The van der Waals surface area contributed by atoms with Gasteiger partial charge < -0.3 is 9.80 Å². The van der Waals surface area contributed by atoms with Crippen molar-refractivity contribution in [3.8, 4) is 66.8 Å². The van der Waals surface area contributed by atoms with Crippen LogP contribution < -0.4 is 9.80 Å². The third kappa shape index (κ3) is 9.16. The van der Waals surface area contributed by atoms with E-state index in [1.807, 2.05) is 0 Å². The zero-order valence-electron chi connectivity index (χ0n) is 62.8. The molecule has 0 aliphatic heterocycles. The van der Waals surface area contributed by atoms with Gasteiger partial charge in [0.25, 0.3) is 0 Å². The first-order chi connectivity index (χ1) is 51.1. The van der Waals surface area contributed by atoms with Crippen LogP contribution in [-0.4, -0.2) is 0 Å². The maximum Gasteiger partial charge on any atom is 0.0465 e. The summed E-state index contributed by atoms with van der Waals surface area (Å²) in [5.41, 5.74) is 43.1. The Balaban J connectivity index is 0.590. The topological polar surface area (TPSA) is 6.48 Å². The van der Waals surface area contributed by atoms with Gasteiger partial charge in [-0.15, -0.1) is 0 Å². The second-order valence-corrected chi connectivity index (χ2v) is 34.0. The number of hydrogen-bond acceptors (Lipinski definition) is 2. The Morgan fingerprint density at radius 3 is 0.632 bits per heavy atom. The fourth-order valence-corrected chi connectivity index (χ4v) is 20.2. The molecular weight excluding hydrogens is 1280 g/mol. The maximum atomic E-state index is 2.53. The minimum absolute atomic E-state index is 0.136. The van der Waals surface area contributed by atoms with Crippen LogP contribution in [0.5, 0.6) is 0 Å². The van der Waals surface area contributed by atoms with Crippen LogP contribution in [0.25, 0.3) is 102 Å². The van der Waals surface area contributed by atoms with Gasteiger partial charge in [-0.2, -0.15) is 0 Å². The third-order valence-electron chi connectivity index (χ3n) is 26.1. The zero-order valence-corrected chi connectivity index (χ0v) is 62.8. The molecule has 0 bridgehead atoms. The van der Waals surface area contributed by atoms with Gasteiger partial charge >= 0.3 is 0 Å². The van der Waals surface area contributed by atoms with Gasteiger partial charge in [-0.25, -0.2) is 0 Å². The first kappa shape index (κ1) is 64.1. The molecule has 512 valence electrons. The van der Waals surface area contributed by atoms with E-state index in [0.717, 1.165) is 11.4 Å². The molecule has 0 fully saturated rings. The highest BCUT2D eigenvalue weighted by atomic mass is 15.1. The summed E-state index contributed by atoms with van der Waals surface area (Å²) in [6.45, 7) is 28.8. The van der Waals surface area contributed by atoms with Crippen molar-refractivity contribution in [3.05, 3.63) is 368 Å². The van der Waals surface area contributed by atoms with Crippen molar-refractivity contribution in [1.29, 1.82) is 0 Å². The first-order valence-electron chi connectivity index (χ1n) is 38.1. The lowest BCUT2D eigenvalue weighted by Crippen LogP contribution is -2.19. The predicted octanol–water partition coefficient (Wildman–Crippen LogP) is 28.0. The Morgan fingerprint density at radius 1 is 0.179 bits per heavy atom. The molecule has 6 aliphatic carbocycles. The summed E-state index contributed by atoms with van der Waals surface area (Å²) in [7, 11) is 0. The van der Waals surface area contributed by atoms with Crippen molar-refractivity contribution in [1.82, 2.24) is 0 Å². The molecule has 0 atom stereocenters. The average molecular weight is 1360 g/mol. The first-order valence-corrected chi connectivity index (χ1v) is 38.1. The molecule has 0 amide bonds. The van der Waals surface area contributed by atoms with E-state index in [1.165, 1.54) is 189 Å². The lowest BCUT2D eigenvalue weighted by atomic mass is 9.81. The van der Waals surface area contributed by atoms with Crippen molar-refractivity contribution in [3.63, 3.8) is 0 Å². The van der Waals surface area contributed by atoms with Gasteiger partial charge in [-0.3, -0.25) is 0 Å². The van der Waals surface area contributed by atoms with Crippen molar-refractivity contribution < 1.29 is 0 Å². The minimum atomic E-state index is -0.255. The molecule has 106 heavy (non-hydrogen) atoms. The number of hydrogen-bond donors (Lipinski definition) is 0. The van der Waals surface area contributed by atoms with E-state index in [-0.39, 0.29) is 32.5 Å². The van der Waals surface area contributed by atoms with Crippen LogP contribution in [0.2, 0.25) is 0 Å². The molecule has 6 aliphatic rings. The summed E-state index contributed by atoms with van der Waals surface area (Å²) in [4.78, 5) is 5.05. The molecule has 14 aromatic carbocycles. The predicted molar refractivity (Wildman–Crippen MR) is 449 cm³/mol. The van der Waals surface area contributed by atoms with Crippen LogP contribution in [0, 0.1) is 0 Å². The highest BCUT2D eigenvalue weighted by Crippen LogP contribution is 2.59. The molecule has 0 spiro atoms. The number of rotatable bonds is 10. The van der Waals surface area contributed by atoms with E-state index >= 15 is 0 Å². The molecule has 2 heteroatoms. The average Bonchev–Trinajstić information content (AvgIpc) is 1.57. The van der Waals surface area contributed by atoms with Crippen LogP contribution >= 0.6 is 0 Å². The second kappa shape index (κ2) is 22.5. The largest absolute Gasteiger partial charge is 0.310 e. The molecule has 0 saturated heterocycles. The monoisotopic (exact) mass is 1360 g/mol. The Bertz CT molecular complexity index is 5630. The fraction of sp³-hybridized carbons (Fsp3) is 0.173. The van der Waals surface area contributed by atoms with Gasteiger partial charge in [0, 0.05) is 66.6 Å². The number of anilines is 6. The normalized spacial score (nSPS) is 16.3. The second-order valence-electron chi connectivity index (χ2n) is 34.0. The van der Waals surface area contributed by atoms with Crippen LogP contribution in [0.4, 0.5) is 34.1 Å². The summed E-state index contributed by atoms with van der Waals surface area (Å²) in [5.74, 6) is 0. The van der Waals surface area contributed by atoms with Crippen LogP contribution in [0.15, 0.2) is 279 Å². The van der Waals surface area contributed by atoms with E-state index in [4.69, 9.17) is 0 Å². The molecule has 0 radical (unpaired) electrons. The van der Waals surface area contributed by atoms with Gasteiger partial charge in [0.05, 0.1) is 0 Å². The van der Waals surface area contributed by atoms with Crippen molar-refractivity contribution in [2.75, 3.05) is 9.80 Å². The van der Waals surface area contributed by atoms with E-state index < -0.39 is 0 Å². The number of nitrogens with zero attached hydrogens (tertiary/aromatic N) is 2. The van der Waals surface area contributed by atoms with Crippen LogP contribution in [-0.2, 0) is 32.5 Å². The maximum absolute atomic E-state index is 2.53. The smallest absolute Gasteiger partial charge is 0.0465 e. The Morgan fingerprint density at radius 2 is 0.377 bits per heavy atom. The SMILES string of the molecule is CC1(C)c2ccccc2-c2ccc(N(c3ccc4c(c3)C(C)(C)c3ccccc3-4)c3ccc4c(c3)C(C)(C)c3cc(C=Cc5ccc(C=Cc6ccc7c(c6)C(C)(C)c6cc(N(c8ccc9c(c8)C(C)(C)c8ccccc8-9)c8ccc9c(c8)C(C)(C)c8ccccc8-9)ccc6-7)c6ccccc56)ccc3-4)cc21. The minimum Gasteiger partial charge on any atom is -0.310 e. The molecule has 0 saturated carbocycles. The summed E-state index contributed by atoms with van der Waals surface area (Å²) in [5, 5.41) is 2.47. The lowest BCUT2D eigenvalue weighted by molar-refractivity contribution is 0.659. The van der Waals surface area contributed by atoms with E-state index in [0.29, 0.717) is 0 Å². The Kier molecular flexibility index (Phi) is 13.6. The van der Waals surface area contributed by atoms with Crippen molar-refractivity contribution in [2.24, 2.45) is 0 Å². The van der Waals surface area contributed by atoms with E-state index in [9.17, 15) is 0 Å². The van der Waals surface area contributed by atoms with Gasteiger partial charge in [0.1, 0.15) is 0 Å². The summed E-state index contributed by atoms with van der Waals surface area (Å²) in [6.07, 6.45) is 9.26. The molecular formula is C104H86N2. The highest BCUT2D eigenvalue weighted by Gasteiger charge is 2.43. The van der Waals surface area contributed by atoms with Gasteiger partial charge in [0.2, 0.25) is 0 Å². The molecule has 0 N–H and O–H groups in total. The zero-order chi connectivity index (χ0) is 72.3. The standard InChI is InChI=1S/C104H86N2/c1-99(2)87-29-19-15-25-75(87)81-49-41-67(57-93(81)99)105(68-42-50-82-76-26-16-20-30-88(76)100(3,4)94(82)58-68)71-45-53-85-79-47-35-63(55-91(79)103(9,10)97(85)61-71)33-37-65-39-40-66(74-24-14-13-23-73(65)74)38-34-64-36-48-80-86-54-46-72(62-98(86)104(11,12)92(80)56-64)106(69-43-51-83-77-27-17-21-31-89(77)101(5,6)95(83)59-69)70-44-52-84-78-28-18-22-32-90(78)102(7,8)96(84)60-70/h13-62H,1-12H3. The summed E-state index contributed by atoms with van der Waals surface area (Å²) >= 11 is 0. The third-order valence-corrected chi connectivity index (χ3v) is 26.1. The highest BCUT2D eigenvalue weighted by molar-refractivity contribution is 6.00. The summed E-state index contributed by atoms with van der Waals surface area (Å²) in [6, 6.07) is 107. The van der Waals surface area contributed by atoms with Crippen molar-refractivity contribution >= 4 is 69.2 Å². The van der Waals surface area contributed by atoms with Crippen molar-refractivity contribution in [2.45, 2.75) is 116 Å². The molecule has 0 unspecified atom stereocenters. The number of benzene rings is 14. The number of fused-ring (bicyclic) bond motifs is 19. The molecule has 0 heterocycles. The molecule has 14 aromatic rings. The van der Waals surface area contributed by atoms with Gasteiger partial charge in [-0.05, 0) is 239 Å². The quantitative estimate of drug-likeness (QED) is 0.126. The molecule has 0 aromatic heterocycles. The van der Waals surface area contributed by atoms with E-state index in [2.05, 4.69) is 396 Å². The summed E-state index contributed by atoms with van der Waals surface area (Å²) < 4.78 is 0. The fourth-order valence-electron chi connectivity index (χ4n) is 20.2. The molecule has 2 nitrogen and oxygen atoms in total. The van der Waals surface area contributed by atoms with Crippen LogP contribution in [0.1, 0.15) is 172 Å². The Hall–Kier alpha value is -11.6. The van der Waals surface area contributed by atoms with E-state index in [1.54, 1.807) is 0 Å². The lowest BCUT2D eigenvalue weighted by Gasteiger charge is -2.31. The van der Waals surface area contributed by atoms with Gasteiger partial charge in [-0.1, -0.05) is 314 Å². The molecule has 20 rings (SSSR count). The Labute approximate surface area is 625 Å². The van der Waals surface area contributed by atoms with Gasteiger partial charge in [0.15, 0.2) is 0 Å².